The Morgan fingerprint density at radius 1 is 1.07 bits per heavy atom. The van der Waals surface area contributed by atoms with E-state index >= 15 is 0 Å². The van der Waals surface area contributed by atoms with Crippen molar-refractivity contribution in [2.45, 2.75) is 24.5 Å². The van der Waals surface area contributed by atoms with Gasteiger partial charge in [-0.15, -0.1) is 0 Å². The normalized spacial score (nSPS) is 12.0. The van der Waals surface area contributed by atoms with Crippen LogP contribution in [0.25, 0.3) is 0 Å². The smallest absolute Gasteiger partial charge is 0.744 e. The van der Waals surface area contributed by atoms with E-state index in [1.807, 2.05) is 0 Å². The van der Waals surface area contributed by atoms with E-state index in [2.05, 4.69) is 19.6 Å². The Labute approximate surface area is 134 Å². The molecular weight excluding hydrogens is 255 g/mol. The van der Waals surface area contributed by atoms with Crippen molar-refractivity contribution in [2.24, 2.45) is 0 Å². The van der Waals surface area contributed by atoms with Crippen LogP contribution in [-0.4, -0.2) is 21.0 Å². The van der Waals surface area contributed by atoms with Gasteiger partial charge in [-0.2, -0.15) is 0 Å². The van der Waals surface area contributed by atoms with E-state index in [-0.39, 0.29) is 56.3 Å². The zero-order chi connectivity index (χ0) is 11.0. The van der Waals surface area contributed by atoms with Gasteiger partial charge in [0.05, 0.1) is 13.0 Å². The van der Waals surface area contributed by atoms with Crippen LogP contribution in [-0.2, 0) is 10.1 Å². The second-order valence-electron chi connectivity index (χ2n) is 4.23. The third kappa shape index (κ3) is 4.78. The van der Waals surface area contributed by atoms with Gasteiger partial charge < -0.3 is 4.55 Å². The van der Waals surface area contributed by atoms with Crippen molar-refractivity contribution >= 4 is 23.4 Å². The van der Waals surface area contributed by atoms with Crippen LogP contribution in [0.4, 0.5) is 0 Å². The van der Waals surface area contributed by atoms with E-state index in [1.165, 1.54) is 12.1 Å². The van der Waals surface area contributed by atoms with Crippen molar-refractivity contribution in [1.82, 2.24) is 0 Å². The van der Waals surface area contributed by atoms with Gasteiger partial charge in [-0.25, -0.2) is 8.42 Å². The van der Waals surface area contributed by atoms with Crippen LogP contribution in [0.3, 0.4) is 0 Å². The Hall–Kier alpha value is 0.983. The fraction of sp³-hybridized carbons (Fsp3) is 0.333. The molecule has 1 rings (SSSR count). The van der Waals surface area contributed by atoms with Gasteiger partial charge in [-0.05, 0) is 12.1 Å². The maximum atomic E-state index is 10.6. The van der Waals surface area contributed by atoms with Gasteiger partial charge in [0.1, 0.15) is 10.1 Å². The van der Waals surface area contributed by atoms with Crippen molar-refractivity contribution in [1.29, 1.82) is 0 Å². The zero-order valence-corrected chi connectivity index (χ0v) is 14.4. The van der Waals surface area contributed by atoms with Crippen molar-refractivity contribution in [3.8, 4) is 0 Å². The Balaban J connectivity index is 0.00000196. The van der Waals surface area contributed by atoms with Crippen LogP contribution < -0.4 is 56.6 Å². The van der Waals surface area contributed by atoms with Gasteiger partial charge in [-0.1, -0.05) is 37.0 Å². The van der Waals surface area contributed by atoms with Crippen LogP contribution in [0, 0.1) is 0 Å². The second-order valence-corrected chi connectivity index (χ2v) is 10.7. The molecule has 78 valence electrons. The number of benzene rings is 1. The summed E-state index contributed by atoms with van der Waals surface area (Å²) in [5.41, 5.74) is 0. The molecule has 0 aliphatic heterocycles. The molecule has 0 aliphatic rings. The Bertz CT molecular complexity index is 420. The third-order valence-corrected chi connectivity index (χ3v) is 4.92. The molecule has 0 unspecified atom stereocenters. The third-order valence-electron chi connectivity index (χ3n) is 2.01. The average molecular weight is 268 g/mol. The van der Waals surface area contributed by atoms with Crippen LogP contribution in [0.1, 0.15) is 0 Å². The average Bonchev–Trinajstić information content (AvgIpc) is 2.01. The van der Waals surface area contributed by atoms with E-state index in [1.54, 1.807) is 12.1 Å². The quantitative estimate of drug-likeness (QED) is 0.467. The molecule has 0 saturated heterocycles. The molecule has 0 atom stereocenters. The number of hydrogen-bond acceptors (Lipinski definition) is 3. The van der Waals surface area contributed by atoms with Crippen LogP contribution in [0.15, 0.2) is 29.2 Å². The Morgan fingerprint density at radius 2 is 1.47 bits per heavy atom. The SMILES string of the molecule is C[Si](C)(C)c1ccc(S(=O)(=O)[O-])cc1.[K+]. The van der Waals surface area contributed by atoms with Crippen LogP contribution >= 0.6 is 0 Å². The molecular formula is C9H13KO3SSi. The van der Waals surface area contributed by atoms with Gasteiger partial charge >= 0.3 is 51.4 Å². The first-order chi connectivity index (χ1) is 6.21. The van der Waals surface area contributed by atoms with Crippen LogP contribution in [0.2, 0.25) is 19.6 Å². The summed E-state index contributed by atoms with van der Waals surface area (Å²) in [7, 11) is -5.71. The maximum absolute atomic E-state index is 10.6. The summed E-state index contributed by atoms with van der Waals surface area (Å²) in [6.07, 6.45) is 0. The number of hydrogen-bond donors (Lipinski definition) is 0. The van der Waals surface area contributed by atoms with Gasteiger partial charge in [0, 0.05) is 0 Å². The molecule has 0 N–H and O–H groups in total. The van der Waals surface area contributed by atoms with Crippen molar-refractivity contribution in [2.75, 3.05) is 0 Å². The minimum absolute atomic E-state index is 0. The summed E-state index contributed by atoms with van der Waals surface area (Å²) in [6.45, 7) is 6.48. The predicted octanol–water partition coefficient (Wildman–Crippen LogP) is -1.86. The summed E-state index contributed by atoms with van der Waals surface area (Å²) < 4.78 is 31.9. The van der Waals surface area contributed by atoms with E-state index in [9.17, 15) is 13.0 Å². The molecule has 15 heavy (non-hydrogen) atoms. The molecule has 0 bridgehead atoms. The molecule has 0 amide bonds. The zero-order valence-electron chi connectivity index (χ0n) is 9.44. The number of rotatable bonds is 2. The van der Waals surface area contributed by atoms with Crippen LogP contribution in [0.5, 0.6) is 0 Å². The largest absolute Gasteiger partial charge is 1.00 e. The molecule has 6 heteroatoms. The minimum Gasteiger partial charge on any atom is -0.744 e. The van der Waals surface area contributed by atoms with Gasteiger partial charge in [-0.3, -0.25) is 0 Å². The molecule has 0 aromatic heterocycles. The topological polar surface area (TPSA) is 57.2 Å². The van der Waals surface area contributed by atoms with E-state index in [0.717, 1.165) is 5.19 Å². The minimum atomic E-state index is -4.30. The molecule has 0 aliphatic carbocycles. The van der Waals surface area contributed by atoms with Crippen molar-refractivity contribution < 1.29 is 64.4 Å². The first-order valence-corrected chi connectivity index (χ1v) is 9.18. The molecule has 1 aromatic carbocycles. The standard InChI is InChI=1S/C9H14O3SSi.K/c1-14(2,3)9-6-4-8(5-7-9)13(10,11)12;/h4-7H,1-3H3,(H,10,11,12);/q;+1/p-1. The summed E-state index contributed by atoms with van der Waals surface area (Å²) in [6, 6.07) is 6.24. The summed E-state index contributed by atoms with van der Waals surface area (Å²) in [5, 5.41) is 1.14. The Morgan fingerprint density at radius 3 is 1.73 bits per heavy atom. The Kier molecular flexibility index (Phi) is 5.91. The molecule has 0 heterocycles. The first-order valence-electron chi connectivity index (χ1n) is 4.28. The molecule has 0 radical (unpaired) electrons. The van der Waals surface area contributed by atoms with E-state index in [4.69, 9.17) is 0 Å². The monoisotopic (exact) mass is 268 g/mol. The van der Waals surface area contributed by atoms with Gasteiger partial charge in [0.15, 0.2) is 0 Å². The first kappa shape index (κ1) is 16.0. The van der Waals surface area contributed by atoms with E-state index < -0.39 is 18.2 Å². The summed E-state index contributed by atoms with van der Waals surface area (Å²) in [4.78, 5) is -0.153. The molecule has 0 fully saturated rings. The van der Waals surface area contributed by atoms with Gasteiger partial charge in [0.25, 0.3) is 0 Å². The molecule has 0 saturated carbocycles. The maximum Gasteiger partial charge on any atom is 1.00 e. The molecule has 0 spiro atoms. The van der Waals surface area contributed by atoms with Crippen molar-refractivity contribution in [3.05, 3.63) is 24.3 Å². The summed E-state index contributed by atoms with van der Waals surface area (Å²) >= 11 is 0. The fourth-order valence-corrected chi connectivity index (χ4v) is 2.76. The fourth-order valence-electron chi connectivity index (χ4n) is 1.12. The summed E-state index contributed by atoms with van der Waals surface area (Å²) in [5.74, 6) is 0. The molecule has 3 nitrogen and oxygen atoms in total. The van der Waals surface area contributed by atoms with Gasteiger partial charge in [0.2, 0.25) is 0 Å². The molecule has 1 aromatic rings. The second kappa shape index (κ2) is 5.55. The van der Waals surface area contributed by atoms with Crippen molar-refractivity contribution in [3.63, 3.8) is 0 Å². The van der Waals surface area contributed by atoms with E-state index in [0.29, 0.717) is 0 Å². The predicted molar refractivity (Wildman–Crippen MR) is 57.4 cm³/mol.